The van der Waals surface area contributed by atoms with Gasteiger partial charge in [-0.15, -0.1) is 0 Å². The number of nitro benzene ring substituents is 1. The molecule has 0 saturated carbocycles. The van der Waals surface area contributed by atoms with Crippen molar-refractivity contribution in [3.63, 3.8) is 0 Å². The number of non-ortho nitro benzene ring substituents is 1. The van der Waals surface area contributed by atoms with E-state index in [1.807, 2.05) is 42.5 Å². The summed E-state index contributed by atoms with van der Waals surface area (Å²) in [5.41, 5.74) is 5.82. The second-order valence-electron chi connectivity index (χ2n) is 6.18. The second-order valence-corrected chi connectivity index (χ2v) is 6.18. The lowest BCUT2D eigenvalue weighted by Gasteiger charge is -2.06. The van der Waals surface area contributed by atoms with Crippen LogP contribution in [0, 0.1) is 10.1 Å². The van der Waals surface area contributed by atoms with Gasteiger partial charge in [-0.3, -0.25) is 15.5 Å². The van der Waals surface area contributed by atoms with Crippen molar-refractivity contribution in [2.45, 2.75) is 12.8 Å². The van der Waals surface area contributed by atoms with Crippen LogP contribution < -0.4 is 10.2 Å². The monoisotopic (exact) mass is 375 g/mol. The Balaban J connectivity index is 1.42. The van der Waals surface area contributed by atoms with Crippen LogP contribution in [0.2, 0.25) is 0 Å². The third-order valence-electron chi connectivity index (χ3n) is 4.09. The lowest BCUT2D eigenvalue weighted by Crippen LogP contribution is -1.99. The number of nitrogens with one attached hydrogen (secondary N) is 1. The zero-order chi connectivity index (χ0) is 19.6. The lowest BCUT2D eigenvalue weighted by atomic mass is 10.1. The predicted molar refractivity (Wildman–Crippen MR) is 111 cm³/mol. The quantitative estimate of drug-likeness (QED) is 0.246. The van der Waals surface area contributed by atoms with E-state index in [1.165, 1.54) is 17.7 Å². The van der Waals surface area contributed by atoms with Gasteiger partial charge in [0.25, 0.3) is 5.69 Å². The molecule has 0 atom stereocenters. The molecule has 0 aliphatic rings. The van der Waals surface area contributed by atoms with E-state index in [0.717, 1.165) is 24.2 Å². The van der Waals surface area contributed by atoms with Crippen LogP contribution in [0.15, 0.2) is 84.0 Å². The predicted octanol–water partition coefficient (Wildman–Crippen LogP) is 5.05. The summed E-state index contributed by atoms with van der Waals surface area (Å²) in [5.74, 6) is 0.827. The first-order valence-electron chi connectivity index (χ1n) is 9.01. The van der Waals surface area contributed by atoms with Crippen LogP contribution >= 0.6 is 0 Å². The Bertz CT molecular complexity index is 908. The Morgan fingerprint density at radius 2 is 1.68 bits per heavy atom. The molecule has 0 aromatic heterocycles. The summed E-state index contributed by atoms with van der Waals surface area (Å²) >= 11 is 0. The second kappa shape index (κ2) is 9.87. The van der Waals surface area contributed by atoms with Crippen LogP contribution in [0.25, 0.3) is 0 Å². The van der Waals surface area contributed by atoms with Crippen molar-refractivity contribution in [3.05, 3.63) is 100 Å². The molecule has 0 spiro atoms. The highest BCUT2D eigenvalue weighted by atomic mass is 16.6. The fourth-order valence-corrected chi connectivity index (χ4v) is 2.60. The Morgan fingerprint density at radius 3 is 2.36 bits per heavy atom. The van der Waals surface area contributed by atoms with E-state index in [2.05, 4.69) is 22.7 Å². The number of hydrazone groups is 1. The van der Waals surface area contributed by atoms with Gasteiger partial charge in [0.05, 0.1) is 23.4 Å². The average Bonchev–Trinajstić information content (AvgIpc) is 2.73. The van der Waals surface area contributed by atoms with Crippen molar-refractivity contribution in [1.29, 1.82) is 0 Å². The number of aryl methyl sites for hydroxylation is 1. The SMILES string of the molecule is O=[N+]([O-])c1ccc(N/N=C/c2ccc(OCCCc3ccccc3)cc2)cc1. The molecular weight excluding hydrogens is 354 g/mol. The summed E-state index contributed by atoms with van der Waals surface area (Å²) in [7, 11) is 0. The number of benzene rings is 3. The normalized spacial score (nSPS) is 10.7. The maximum absolute atomic E-state index is 10.6. The molecular formula is C22H21N3O3. The molecule has 0 fully saturated rings. The van der Waals surface area contributed by atoms with Crippen molar-refractivity contribution in [2.75, 3.05) is 12.0 Å². The number of nitrogens with zero attached hydrogens (tertiary/aromatic N) is 2. The molecule has 0 aliphatic heterocycles. The summed E-state index contributed by atoms with van der Waals surface area (Å²) < 4.78 is 5.77. The van der Waals surface area contributed by atoms with Crippen LogP contribution in [0.1, 0.15) is 17.5 Å². The first-order valence-corrected chi connectivity index (χ1v) is 9.01. The van der Waals surface area contributed by atoms with Gasteiger partial charge in [0, 0.05) is 12.1 Å². The van der Waals surface area contributed by atoms with Crippen molar-refractivity contribution in [3.8, 4) is 5.75 Å². The lowest BCUT2D eigenvalue weighted by molar-refractivity contribution is -0.384. The van der Waals surface area contributed by atoms with Crippen molar-refractivity contribution in [2.24, 2.45) is 5.10 Å². The largest absolute Gasteiger partial charge is 0.494 e. The zero-order valence-corrected chi connectivity index (χ0v) is 15.3. The molecule has 6 nitrogen and oxygen atoms in total. The number of ether oxygens (including phenoxy) is 1. The first-order chi connectivity index (χ1) is 13.7. The van der Waals surface area contributed by atoms with E-state index in [0.29, 0.717) is 12.3 Å². The van der Waals surface area contributed by atoms with E-state index in [-0.39, 0.29) is 5.69 Å². The molecule has 142 valence electrons. The van der Waals surface area contributed by atoms with Crippen LogP contribution in [0.3, 0.4) is 0 Å². The van der Waals surface area contributed by atoms with Gasteiger partial charge >= 0.3 is 0 Å². The summed E-state index contributed by atoms with van der Waals surface area (Å²) in [6.45, 7) is 0.671. The summed E-state index contributed by atoms with van der Waals surface area (Å²) in [5, 5.41) is 14.8. The molecule has 0 unspecified atom stereocenters. The van der Waals surface area contributed by atoms with Crippen LogP contribution in [-0.2, 0) is 6.42 Å². The summed E-state index contributed by atoms with van der Waals surface area (Å²) in [4.78, 5) is 10.2. The molecule has 28 heavy (non-hydrogen) atoms. The minimum atomic E-state index is -0.432. The van der Waals surface area contributed by atoms with E-state index >= 15 is 0 Å². The minimum absolute atomic E-state index is 0.0499. The Kier molecular flexibility index (Phi) is 6.73. The van der Waals surface area contributed by atoms with Crippen LogP contribution in [0.4, 0.5) is 11.4 Å². The fourth-order valence-electron chi connectivity index (χ4n) is 2.60. The van der Waals surface area contributed by atoms with Crippen molar-refractivity contribution in [1.82, 2.24) is 0 Å². The molecule has 0 radical (unpaired) electrons. The third-order valence-corrected chi connectivity index (χ3v) is 4.09. The Hall–Kier alpha value is -3.67. The smallest absolute Gasteiger partial charge is 0.269 e. The van der Waals surface area contributed by atoms with E-state index in [4.69, 9.17) is 4.74 Å². The number of nitro groups is 1. The van der Waals surface area contributed by atoms with E-state index < -0.39 is 4.92 Å². The average molecular weight is 375 g/mol. The topological polar surface area (TPSA) is 76.8 Å². The van der Waals surface area contributed by atoms with Gasteiger partial charge in [0.15, 0.2) is 0 Å². The molecule has 3 rings (SSSR count). The zero-order valence-electron chi connectivity index (χ0n) is 15.3. The van der Waals surface area contributed by atoms with E-state index in [1.54, 1.807) is 18.3 Å². The van der Waals surface area contributed by atoms with Gasteiger partial charge in [0.1, 0.15) is 5.75 Å². The highest BCUT2D eigenvalue weighted by molar-refractivity contribution is 5.80. The first kappa shape index (κ1) is 19.1. The van der Waals surface area contributed by atoms with Gasteiger partial charge in [-0.1, -0.05) is 30.3 Å². The molecule has 1 N–H and O–H groups in total. The highest BCUT2D eigenvalue weighted by Gasteiger charge is 2.02. The summed E-state index contributed by atoms with van der Waals surface area (Å²) in [6, 6.07) is 24.1. The van der Waals surface area contributed by atoms with Gasteiger partial charge in [0.2, 0.25) is 0 Å². The Labute approximate surface area is 163 Å². The molecule has 0 aliphatic carbocycles. The van der Waals surface area contributed by atoms with Gasteiger partial charge in [-0.2, -0.15) is 5.10 Å². The maximum Gasteiger partial charge on any atom is 0.269 e. The Morgan fingerprint density at radius 1 is 0.964 bits per heavy atom. The highest BCUT2D eigenvalue weighted by Crippen LogP contribution is 2.15. The molecule has 0 saturated heterocycles. The van der Waals surface area contributed by atoms with Crippen molar-refractivity contribution < 1.29 is 9.66 Å². The standard InChI is InChI=1S/C22H21N3O3/c26-25(27)21-12-10-20(11-13-21)24-23-17-19-8-14-22(15-9-19)28-16-4-7-18-5-2-1-3-6-18/h1-3,5-6,8-15,17,24H,4,7,16H2/b23-17+. The van der Waals surface area contributed by atoms with Crippen LogP contribution in [0.5, 0.6) is 5.75 Å². The van der Waals surface area contributed by atoms with Gasteiger partial charge in [-0.25, -0.2) is 0 Å². The minimum Gasteiger partial charge on any atom is -0.494 e. The maximum atomic E-state index is 10.6. The third kappa shape index (κ3) is 5.95. The summed E-state index contributed by atoms with van der Waals surface area (Å²) in [6.07, 6.45) is 3.65. The number of rotatable bonds is 9. The molecule has 3 aromatic rings. The number of anilines is 1. The molecule has 3 aromatic carbocycles. The number of hydrogen-bond acceptors (Lipinski definition) is 5. The molecule has 0 heterocycles. The van der Waals surface area contributed by atoms with Gasteiger partial charge in [-0.05, 0) is 60.4 Å². The fraction of sp³-hybridized carbons (Fsp3) is 0.136. The van der Waals surface area contributed by atoms with Crippen molar-refractivity contribution >= 4 is 17.6 Å². The molecule has 6 heteroatoms. The van der Waals surface area contributed by atoms with Crippen LogP contribution in [-0.4, -0.2) is 17.7 Å². The molecule has 0 amide bonds. The number of hydrogen-bond donors (Lipinski definition) is 1. The molecule has 0 bridgehead atoms. The van der Waals surface area contributed by atoms with E-state index in [9.17, 15) is 10.1 Å². The van der Waals surface area contributed by atoms with Gasteiger partial charge < -0.3 is 4.74 Å².